The lowest BCUT2D eigenvalue weighted by atomic mass is 10.3. The van der Waals surface area contributed by atoms with Crippen LogP contribution in [0, 0.1) is 42.9 Å². The van der Waals surface area contributed by atoms with Crippen LogP contribution in [0.2, 0.25) is 10.0 Å². The van der Waals surface area contributed by atoms with Gasteiger partial charge in [0.25, 0.3) is 0 Å². The fourth-order valence-corrected chi connectivity index (χ4v) is 5.75. The van der Waals surface area contributed by atoms with Gasteiger partial charge in [-0.25, -0.2) is 23.1 Å². The first-order chi connectivity index (χ1) is 26.2. The Hall–Kier alpha value is -6.59. The van der Waals surface area contributed by atoms with Crippen LogP contribution in [-0.2, 0) is 0 Å². The standard InChI is InChI=1S/C18H12ClF3N6.C18H13ClF2N6/c1-8-24-13-6-9(20)2-5-14(13)28(8)18-26-16(23)15(22)17(27-18)25-10-3-4-11(19)12(21)7-10;1-9-23-13-8-11(20)4-7-14(13)27(9)18-25-16(22)15(21)17(26-18)24-12-5-2-10(19)3-6-12/h2-7H,1H3,(H3,23,25,26,27);2-8H,1H3,(H3,22,24,25,26). The number of imidazole rings is 2. The molecule has 0 aliphatic carbocycles. The van der Waals surface area contributed by atoms with Crippen LogP contribution in [0.15, 0.2) is 78.9 Å². The predicted octanol–water partition coefficient (Wildman–Crippen LogP) is 8.90. The molecule has 278 valence electrons. The number of hydrogen-bond donors (Lipinski definition) is 4. The second kappa shape index (κ2) is 14.7. The Balaban J connectivity index is 0.000000169. The zero-order valence-electron chi connectivity index (χ0n) is 28.4. The number of benzene rings is 4. The van der Waals surface area contributed by atoms with Crippen molar-refractivity contribution in [1.29, 1.82) is 0 Å². The Bertz CT molecular complexity index is 2760. The SMILES string of the molecule is Cc1nc2cc(F)ccc2n1-c1nc(N)c(F)c(Nc2ccc(Cl)c(F)c2)n1.Cc1nc2cc(F)ccc2n1-c1nc(N)c(F)c(Nc2ccc(Cl)cc2)n1. The smallest absolute Gasteiger partial charge is 0.239 e. The van der Waals surface area contributed by atoms with Crippen LogP contribution in [-0.4, -0.2) is 39.0 Å². The van der Waals surface area contributed by atoms with Gasteiger partial charge in [-0.05, 0) is 80.6 Å². The minimum atomic E-state index is -0.896. The summed E-state index contributed by atoms with van der Waals surface area (Å²) in [6.45, 7) is 3.38. The first kappa shape index (κ1) is 36.8. The van der Waals surface area contributed by atoms with Crippen molar-refractivity contribution in [2.24, 2.45) is 0 Å². The number of anilines is 6. The highest BCUT2D eigenvalue weighted by molar-refractivity contribution is 6.31. The van der Waals surface area contributed by atoms with Gasteiger partial charge in [-0.3, -0.25) is 9.13 Å². The number of rotatable bonds is 6. The molecule has 0 atom stereocenters. The lowest BCUT2D eigenvalue weighted by molar-refractivity contribution is 0.621. The molecule has 4 aromatic heterocycles. The van der Waals surface area contributed by atoms with E-state index in [-0.39, 0.29) is 40.1 Å². The Morgan fingerprint density at radius 1 is 0.545 bits per heavy atom. The molecule has 0 spiro atoms. The molecule has 4 heterocycles. The van der Waals surface area contributed by atoms with Crippen molar-refractivity contribution in [3.63, 3.8) is 0 Å². The Labute approximate surface area is 317 Å². The summed E-state index contributed by atoms with van der Waals surface area (Å²) in [4.78, 5) is 25.0. The number of fused-ring (bicyclic) bond motifs is 2. The van der Waals surface area contributed by atoms with Crippen LogP contribution in [0.5, 0.6) is 0 Å². The highest BCUT2D eigenvalue weighted by Gasteiger charge is 2.20. The van der Waals surface area contributed by atoms with E-state index in [9.17, 15) is 22.0 Å². The summed E-state index contributed by atoms with van der Waals surface area (Å²) < 4.78 is 72.6. The third-order valence-electron chi connectivity index (χ3n) is 7.99. The Morgan fingerprint density at radius 2 is 1.00 bits per heavy atom. The van der Waals surface area contributed by atoms with E-state index >= 15 is 0 Å². The second-order valence-electron chi connectivity index (χ2n) is 11.8. The van der Waals surface area contributed by atoms with Crippen LogP contribution in [0.3, 0.4) is 0 Å². The molecule has 55 heavy (non-hydrogen) atoms. The van der Waals surface area contributed by atoms with Gasteiger partial charge in [-0.1, -0.05) is 23.2 Å². The summed E-state index contributed by atoms with van der Waals surface area (Å²) in [5.41, 5.74) is 14.2. The van der Waals surface area contributed by atoms with E-state index in [4.69, 9.17) is 34.7 Å². The van der Waals surface area contributed by atoms with Gasteiger partial charge in [0.15, 0.2) is 23.3 Å². The average molecular weight is 792 g/mol. The number of halogens is 7. The summed E-state index contributed by atoms with van der Waals surface area (Å²) >= 11 is 11.5. The van der Waals surface area contributed by atoms with E-state index in [1.807, 2.05) is 0 Å². The van der Waals surface area contributed by atoms with Gasteiger partial charge in [0, 0.05) is 28.5 Å². The first-order valence-corrected chi connectivity index (χ1v) is 16.7. The predicted molar refractivity (Wildman–Crippen MR) is 201 cm³/mol. The van der Waals surface area contributed by atoms with Crippen molar-refractivity contribution in [2.75, 3.05) is 22.1 Å². The van der Waals surface area contributed by atoms with Crippen molar-refractivity contribution < 1.29 is 22.0 Å². The topological polar surface area (TPSA) is 163 Å². The van der Waals surface area contributed by atoms with Gasteiger partial charge in [-0.15, -0.1) is 0 Å². The lowest BCUT2D eigenvalue weighted by Gasteiger charge is -2.12. The third-order valence-corrected chi connectivity index (χ3v) is 8.55. The molecule has 0 aliphatic rings. The van der Waals surface area contributed by atoms with E-state index < -0.39 is 34.9 Å². The molecular weight excluding hydrogens is 766 g/mol. The maximum absolute atomic E-state index is 14.4. The van der Waals surface area contributed by atoms with Crippen molar-refractivity contribution >= 4 is 79.9 Å². The van der Waals surface area contributed by atoms with Gasteiger partial charge in [0.1, 0.15) is 29.1 Å². The molecule has 0 aliphatic heterocycles. The van der Waals surface area contributed by atoms with E-state index in [2.05, 4.69) is 40.5 Å². The van der Waals surface area contributed by atoms with Crippen LogP contribution in [0.4, 0.5) is 56.6 Å². The molecule has 0 radical (unpaired) electrons. The molecule has 0 saturated heterocycles. The zero-order valence-corrected chi connectivity index (χ0v) is 29.9. The summed E-state index contributed by atoms with van der Waals surface area (Å²) in [6.07, 6.45) is 0. The van der Waals surface area contributed by atoms with Gasteiger partial charge in [-0.2, -0.15) is 28.7 Å². The summed E-state index contributed by atoms with van der Waals surface area (Å²) in [5, 5.41) is 6.01. The van der Waals surface area contributed by atoms with Crippen molar-refractivity contribution in [3.05, 3.63) is 130 Å². The fourth-order valence-electron chi connectivity index (χ4n) is 5.50. The van der Waals surface area contributed by atoms with Gasteiger partial charge >= 0.3 is 0 Å². The van der Waals surface area contributed by atoms with Crippen molar-refractivity contribution in [3.8, 4) is 11.9 Å². The minimum absolute atomic E-state index is 0.0300. The maximum Gasteiger partial charge on any atom is 0.239 e. The molecule has 0 unspecified atom stereocenters. The first-order valence-electron chi connectivity index (χ1n) is 16.0. The number of aromatic nitrogens is 8. The highest BCUT2D eigenvalue weighted by atomic mass is 35.5. The van der Waals surface area contributed by atoms with Gasteiger partial charge in [0.05, 0.1) is 27.1 Å². The second-order valence-corrected chi connectivity index (χ2v) is 12.6. The molecule has 0 fully saturated rings. The average Bonchev–Trinajstić information content (AvgIpc) is 3.65. The van der Waals surface area contributed by atoms with Crippen LogP contribution in [0.1, 0.15) is 11.6 Å². The molecule has 12 nitrogen and oxygen atoms in total. The normalized spacial score (nSPS) is 11.1. The Morgan fingerprint density at radius 3 is 1.47 bits per heavy atom. The monoisotopic (exact) mass is 790 g/mol. The largest absolute Gasteiger partial charge is 0.381 e. The van der Waals surface area contributed by atoms with Crippen LogP contribution >= 0.6 is 23.2 Å². The number of hydrogen-bond acceptors (Lipinski definition) is 10. The summed E-state index contributed by atoms with van der Waals surface area (Å²) in [5.74, 6) is -3.16. The molecule has 6 N–H and O–H groups in total. The molecular formula is C36H25Cl2F5N12. The molecule has 0 bridgehead atoms. The number of nitrogens with one attached hydrogen (secondary N) is 2. The summed E-state index contributed by atoms with van der Waals surface area (Å²) in [7, 11) is 0. The maximum atomic E-state index is 14.4. The van der Waals surface area contributed by atoms with E-state index in [1.54, 1.807) is 48.7 Å². The fraction of sp³-hybridized carbons (Fsp3) is 0.0556. The zero-order chi connectivity index (χ0) is 39.1. The number of nitrogen functional groups attached to an aromatic ring is 2. The number of nitrogens with zero attached hydrogens (tertiary/aromatic N) is 8. The summed E-state index contributed by atoms with van der Waals surface area (Å²) in [6, 6.07) is 18.8. The quantitative estimate of drug-likeness (QED) is 0.120. The Kier molecular flexibility index (Phi) is 9.81. The molecule has 0 amide bonds. The van der Waals surface area contributed by atoms with Gasteiger partial charge < -0.3 is 22.1 Å². The molecule has 0 saturated carbocycles. The van der Waals surface area contributed by atoms with Crippen LogP contribution in [0.25, 0.3) is 34.0 Å². The van der Waals surface area contributed by atoms with Gasteiger partial charge in [0.2, 0.25) is 23.5 Å². The van der Waals surface area contributed by atoms with E-state index in [1.165, 1.54) is 47.0 Å². The third kappa shape index (κ3) is 7.47. The van der Waals surface area contributed by atoms with E-state index in [0.717, 1.165) is 6.07 Å². The molecule has 8 rings (SSSR count). The minimum Gasteiger partial charge on any atom is -0.381 e. The number of aryl methyl sites for hydroxylation is 2. The molecule has 19 heteroatoms. The highest BCUT2D eigenvalue weighted by Crippen LogP contribution is 2.29. The molecule has 4 aromatic carbocycles. The van der Waals surface area contributed by atoms with E-state index in [0.29, 0.717) is 44.4 Å². The van der Waals surface area contributed by atoms with Crippen molar-refractivity contribution in [1.82, 2.24) is 39.0 Å². The lowest BCUT2D eigenvalue weighted by Crippen LogP contribution is -2.10. The number of nitrogens with two attached hydrogens (primary N) is 2. The van der Waals surface area contributed by atoms with Crippen LogP contribution < -0.4 is 22.1 Å². The van der Waals surface area contributed by atoms with Crippen molar-refractivity contribution in [2.45, 2.75) is 13.8 Å². The molecule has 8 aromatic rings.